The second-order valence-corrected chi connectivity index (χ2v) is 5.50. The largest absolute Gasteiger partial charge is 0.493 e. The number of ether oxygens (including phenoxy) is 1. The van der Waals surface area contributed by atoms with E-state index in [1.165, 1.54) is 6.07 Å². The Kier molecular flexibility index (Phi) is 3.46. The van der Waals surface area contributed by atoms with Crippen molar-refractivity contribution < 1.29 is 14.6 Å². The van der Waals surface area contributed by atoms with E-state index in [0.29, 0.717) is 13.1 Å². The zero-order chi connectivity index (χ0) is 14.0. The minimum absolute atomic E-state index is 0.00801. The maximum atomic E-state index is 11.9. The molecule has 1 amide bonds. The van der Waals surface area contributed by atoms with Gasteiger partial charge in [-0.15, -0.1) is 0 Å². The van der Waals surface area contributed by atoms with Crippen molar-refractivity contribution in [3.63, 3.8) is 0 Å². The molecule has 0 fully saturated rings. The lowest BCUT2D eigenvalue weighted by molar-refractivity contribution is 0.0306. The van der Waals surface area contributed by atoms with Crippen LogP contribution in [-0.4, -0.2) is 39.8 Å². The van der Waals surface area contributed by atoms with Gasteiger partial charge in [0.25, 0.3) is 0 Å². The number of carbonyl (C=O) groups is 1. The molecule has 1 aromatic heterocycles. The summed E-state index contributed by atoms with van der Waals surface area (Å²) in [4.78, 5) is 17.4. The van der Waals surface area contributed by atoms with Gasteiger partial charge < -0.3 is 14.7 Å². The van der Waals surface area contributed by atoms with Gasteiger partial charge in [-0.3, -0.25) is 0 Å². The van der Waals surface area contributed by atoms with Crippen molar-refractivity contribution in [2.45, 2.75) is 26.4 Å². The monoisotopic (exact) mass is 262 g/mol. The van der Waals surface area contributed by atoms with Crippen LogP contribution in [0.25, 0.3) is 5.57 Å². The predicted molar refractivity (Wildman–Crippen MR) is 71.7 cm³/mol. The molecule has 0 atom stereocenters. The number of amides is 1. The van der Waals surface area contributed by atoms with E-state index < -0.39 is 5.60 Å². The third-order valence-corrected chi connectivity index (χ3v) is 2.69. The highest BCUT2D eigenvalue weighted by Gasteiger charge is 2.25. The number of pyridine rings is 1. The smallest absolute Gasteiger partial charge is 0.410 e. The number of rotatable bonds is 1. The Bertz CT molecular complexity index is 500. The van der Waals surface area contributed by atoms with Gasteiger partial charge in [-0.2, -0.15) is 0 Å². The van der Waals surface area contributed by atoms with Crippen molar-refractivity contribution in [1.82, 2.24) is 9.88 Å². The van der Waals surface area contributed by atoms with E-state index in [-0.39, 0.29) is 12.0 Å². The molecule has 1 aliphatic rings. The highest BCUT2D eigenvalue weighted by molar-refractivity contribution is 5.77. The SMILES string of the molecule is CC(C)(C)OC(=O)N1CC=C(c2ccc(O)nc2)C1. The molecular formula is C14H18N2O3. The Hall–Kier alpha value is -2.04. The Morgan fingerprint density at radius 3 is 2.74 bits per heavy atom. The van der Waals surface area contributed by atoms with Gasteiger partial charge in [0.05, 0.1) is 0 Å². The molecule has 5 heteroatoms. The highest BCUT2D eigenvalue weighted by Crippen LogP contribution is 2.23. The van der Waals surface area contributed by atoms with Crippen molar-refractivity contribution >= 4 is 11.7 Å². The van der Waals surface area contributed by atoms with E-state index in [9.17, 15) is 4.79 Å². The van der Waals surface area contributed by atoms with Crippen LogP contribution in [0.1, 0.15) is 26.3 Å². The third-order valence-electron chi connectivity index (χ3n) is 2.69. The predicted octanol–water partition coefficient (Wildman–Crippen LogP) is 2.42. The summed E-state index contributed by atoms with van der Waals surface area (Å²) in [5, 5.41) is 9.15. The van der Waals surface area contributed by atoms with Crippen LogP contribution < -0.4 is 0 Å². The van der Waals surface area contributed by atoms with E-state index in [0.717, 1.165) is 11.1 Å². The van der Waals surface area contributed by atoms with Gasteiger partial charge in [0.15, 0.2) is 0 Å². The summed E-state index contributed by atoms with van der Waals surface area (Å²) in [6.45, 7) is 6.57. The molecule has 0 saturated carbocycles. The average Bonchev–Trinajstić information content (AvgIpc) is 2.77. The topological polar surface area (TPSA) is 62.7 Å². The summed E-state index contributed by atoms with van der Waals surface area (Å²) >= 11 is 0. The Balaban J connectivity index is 1.99. The molecule has 0 unspecified atom stereocenters. The molecule has 0 spiro atoms. The third kappa shape index (κ3) is 3.47. The minimum atomic E-state index is -0.486. The summed E-state index contributed by atoms with van der Waals surface area (Å²) in [5.41, 5.74) is 1.43. The number of aromatic nitrogens is 1. The maximum absolute atomic E-state index is 11.9. The molecule has 2 heterocycles. The molecule has 1 aromatic rings. The standard InChI is InChI=1S/C14H18N2O3/c1-14(2,3)19-13(18)16-7-6-11(9-16)10-4-5-12(17)15-8-10/h4-6,8H,7,9H2,1-3H3,(H,15,17). The van der Waals surface area contributed by atoms with E-state index in [2.05, 4.69) is 4.98 Å². The normalized spacial score (nSPS) is 15.3. The molecule has 1 N–H and O–H groups in total. The van der Waals surface area contributed by atoms with Crippen LogP contribution in [0.15, 0.2) is 24.4 Å². The first-order valence-corrected chi connectivity index (χ1v) is 6.17. The number of hydrogen-bond acceptors (Lipinski definition) is 4. The first kappa shape index (κ1) is 13.4. The molecule has 102 valence electrons. The van der Waals surface area contributed by atoms with Crippen LogP contribution in [0.4, 0.5) is 4.79 Å². The van der Waals surface area contributed by atoms with Gasteiger partial charge in [-0.1, -0.05) is 6.08 Å². The van der Waals surface area contributed by atoms with Gasteiger partial charge in [0.1, 0.15) is 5.60 Å². The first-order chi connectivity index (χ1) is 8.85. The summed E-state index contributed by atoms with van der Waals surface area (Å²) in [6.07, 6.45) is 3.25. The fraction of sp³-hybridized carbons (Fsp3) is 0.429. The van der Waals surface area contributed by atoms with Crippen molar-refractivity contribution in [2.24, 2.45) is 0 Å². The number of nitrogens with zero attached hydrogens (tertiary/aromatic N) is 2. The zero-order valence-electron chi connectivity index (χ0n) is 11.4. The number of carbonyl (C=O) groups excluding carboxylic acids is 1. The van der Waals surface area contributed by atoms with E-state index in [1.807, 2.05) is 26.8 Å². The van der Waals surface area contributed by atoms with Gasteiger partial charge in [0, 0.05) is 25.4 Å². The number of hydrogen-bond donors (Lipinski definition) is 1. The molecule has 5 nitrogen and oxygen atoms in total. The molecule has 1 aliphatic heterocycles. The van der Waals surface area contributed by atoms with Crippen molar-refractivity contribution in [3.8, 4) is 5.88 Å². The fourth-order valence-electron chi connectivity index (χ4n) is 1.81. The van der Waals surface area contributed by atoms with Gasteiger partial charge in [0.2, 0.25) is 5.88 Å². The molecule has 0 saturated heterocycles. The minimum Gasteiger partial charge on any atom is -0.493 e. The van der Waals surface area contributed by atoms with Crippen LogP contribution in [0.2, 0.25) is 0 Å². The van der Waals surface area contributed by atoms with Gasteiger partial charge in [-0.25, -0.2) is 9.78 Å². The molecule has 0 aliphatic carbocycles. The quantitative estimate of drug-likeness (QED) is 0.844. The Labute approximate surface area is 112 Å². The van der Waals surface area contributed by atoms with Crippen LogP contribution >= 0.6 is 0 Å². The van der Waals surface area contributed by atoms with E-state index >= 15 is 0 Å². The van der Waals surface area contributed by atoms with Gasteiger partial charge in [-0.05, 0) is 38.0 Å². The van der Waals surface area contributed by atoms with Crippen molar-refractivity contribution in [1.29, 1.82) is 0 Å². The van der Waals surface area contributed by atoms with Crippen LogP contribution in [0, 0.1) is 0 Å². The second kappa shape index (κ2) is 4.91. The summed E-state index contributed by atoms with van der Waals surface area (Å²) < 4.78 is 5.32. The van der Waals surface area contributed by atoms with E-state index in [1.54, 1.807) is 17.2 Å². The summed E-state index contributed by atoms with van der Waals surface area (Å²) in [5.74, 6) is -0.00801. The second-order valence-electron chi connectivity index (χ2n) is 5.50. The van der Waals surface area contributed by atoms with E-state index in [4.69, 9.17) is 9.84 Å². The lowest BCUT2D eigenvalue weighted by atomic mass is 10.1. The van der Waals surface area contributed by atoms with Crippen LogP contribution in [0.3, 0.4) is 0 Å². The molecular weight excluding hydrogens is 244 g/mol. The molecule has 0 aromatic carbocycles. The fourth-order valence-corrected chi connectivity index (χ4v) is 1.81. The number of aromatic hydroxyl groups is 1. The Morgan fingerprint density at radius 1 is 1.42 bits per heavy atom. The molecule has 2 rings (SSSR count). The summed E-state index contributed by atoms with van der Waals surface area (Å²) in [7, 11) is 0. The highest BCUT2D eigenvalue weighted by atomic mass is 16.6. The molecule has 0 radical (unpaired) electrons. The maximum Gasteiger partial charge on any atom is 0.410 e. The molecule has 19 heavy (non-hydrogen) atoms. The van der Waals surface area contributed by atoms with Crippen LogP contribution in [0.5, 0.6) is 5.88 Å². The Morgan fingerprint density at radius 2 is 2.16 bits per heavy atom. The first-order valence-electron chi connectivity index (χ1n) is 6.17. The lowest BCUT2D eigenvalue weighted by Gasteiger charge is -2.24. The van der Waals surface area contributed by atoms with Gasteiger partial charge >= 0.3 is 6.09 Å². The lowest BCUT2D eigenvalue weighted by Crippen LogP contribution is -2.35. The zero-order valence-corrected chi connectivity index (χ0v) is 11.4. The van der Waals surface area contributed by atoms with Crippen molar-refractivity contribution in [3.05, 3.63) is 30.0 Å². The molecule has 0 bridgehead atoms. The average molecular weight is 262 g/mol. The summed E-state index contributed by atoms with van der Waals surface area (Å²) in [6, 6.07) is 3.32. The van der Waals surface area contributed by atoms with Crippen LogP contribution in [-0.2, 0) is 4.74 Å². The van der Waals surface area contributed by atoms with Crippen molar-refractivity contribution in [2.75, 3.05) is 13.1 Å².